The van der Waals surface area contributed by atoms with Gasteiger partial charge in [-0.15, -0.1) is 0 Å². The van der Waals surface area contributed by atoms with E-state index in [1.165, 1.54) is 6.07 Å². The highest BCUT2D eigenvalue weighted by molar-refractivity contribution is 5.83. The Kier molecular flexibility index (Phi) is 8.39. The van der Waals surface area contributed by atoms with Crippen molar-refractivity contribution < 1.29 is 23.5 Å². The summed E-state index contributed by atoms with van der Waals surface area (Å²) in [7, 11) is 3.56. The lowest BCUT2D eigenvalue weighted by Gasteiger charge is -2.32. The van der Waals surface area contributed by atoms with E-state index >= 15 is 0 Å². The average molecular weight is 495 g/mol. The van der Waals surface area contributed by atoms with E-state index in [0.29, 0.717) is 37.4 Å². The van der Waals surface area contributed by atoms with Crippen molar-refractivity contribution in [3.63, 3.8) is 0 Å². The number of ketones is 1. The number of amides is 2. The fraction of sp³-hybridized carbons (Fsp3) is 0.483. The molecular weight excluding hydrogens is 459 g/mol. The molecule has 0 saturated heterocycles. The molecule has 36 heavy (non-hydrogen) atoms. The first-order chi connectivity index (χ1) is 17.3. The van der Waals surface area contributed by atoms with Crippen molar-refractivity contribution in [2.45, 2.75) is 64.0 Å². The average Bonchev–Trinajstić information content (AvgIpc) is 2.86. The molecule has 1 heterocycles. The van der Waals surface area contributed by atoms with Gasteiger partial charge in [-0.05, 0) is 66.3 Å². The van der Waals surface area contributed by atoms with Crippen molar-refractivity contribution in [3.05, 3.63) is 70.5 Å². The van der Waals surface area contributed by atoms with E-state index in [4.69, 9.17) is 4.74 Å². The van der Waals surface area contributed by atoms with Crippen LogP contribution in [-0.4, -0.2) is 54.3 Å². The van der Waals surface area contributed by atoms with E-state index < -0.39 is 0 Å². The molecule has 2 aromatic rings. The monoisotopic (exact) mass is 494 g/mol. The maximum Gasteiger partial charge on any atom is 0.410 e. The Morgan fingerprint density at radius 2 is 1.75 bits per heavy atom. The topological polar surface area (TPSA) is 66.9 Å². The number of rotatable bonds is 7. The van der Waals surface area contributed by atoms with Gasteiger partial charge in [-0.2, -0.15) is 0 Å². The second-order valence-corrected chi connectivity index (χ2v) is 10.3. The molecule has 0 bridgehead atoms. The van der Waals surface area contributed by atoms with Gasteiger partial charge in [0.05, 0.1) is 0 Å². The number of carbonyl (C=O) groups is 3. The minimum absolute atomic E-state index is 0.0261. The smallest absolute Gasteiger partial charge is 0.410 e. The summed E-state index contributed by atoms with van der Waals surface area (Å²) in [5.41, 5.74) is 3.54. The van der Waals surface area contributed by atoms with Crippen LogP contribution in [0.3, 0.4) is 0 Å². The molecule has 0 spiro atoms. The molecule has 2 aliphatic rings. The molecule has 192 valence electrons. The second kappa shape index (κ2) is 11.7. The molecule has 7 heteroatoms. The second-order valence-electron chi connectivity index (χ2n) is 10.3. The lowest BCUT2D eigenvalue weighted by molar-refractivity contribution is -0.130. The van der Waals surface area contributed by atoms with E-state index in [0.717, 1.165) is 42.4 Å². The van der Waals surface area contributed by atoms with Gasteiger partial charge in [0.15, 0.2) is 0 Å². The molecule has 1 aliphatic heterocycles. The Balaban J connectivity index is 1.25. The van der Waals surface area contributed by atoms with Gasteiger partial charge in [0.2, 0.25) is 5.91 Å². The minimum atomic E-state index is -0.351. The van der Waals surface area contributed by atoms with Gasteiger partial charge in [-0.1, -0.05) is 36.4 Å². The standard InChI is InChI=1S/C29H35FN2O4/c1-31(2)28(34)17-20-8-11-26(12-9-20)36-29(35)32-14-13-22-15-21(7-10-24(22)19-32)16-25(33)18-23-5-3-4-6-27(23)30/h3-7,10,15,20,26H,8-9,11-14,16-19H2,1-2H3. The highest BCUT2D eigenvalue weighted by Crippen LogP contribution is 2.30. The number of hydrogen-bond donors (Lipinski definition) is 0. The van der Waals surface area contributed by atoms with E-state index in [-0.39, 0.29) is 42.5 Å². The van der Waals surface area contributed by atoms with Crippen LogP contribution in [0.4, 0.5) is 9.18 Å². The number of carbonyl (C=O) groups excluding carboxylic acids is 3. The van der Waals surface area contributed by atoms with Gasteiger partial charge in [0.25, 0.3) is 0 Å². The zero-order valence-corrected chi connectivity index (χ0v) is 21.2. The molecule has 0 radical (unpaired) electrons. The Hall–Kier alpha value is -3.22. The highest BCUT2D eigenvalue weighted by atomic mass is 19.1. The number of ether oxygens (including phenoxy) is 1. The number of halogens is 1. The number of hydrogen-bond acceptors (Lipinski definition) is 4. The molecule has 1 fully saturated rings. The minimum Gasteiger partial charge on any atom is -0.446 e. The van der Waals surface area contributed by atoms with Gasteiger partial charge in [0.1, 0.15) is 17.7 Å². The van der Waals surface area contributed by atoms with E-state index in [2.05, 4.69) is 0 Å². The maximum atomic E-state index is 13.8. The third-order valence-electron chi connectivity index (χ3n) is 7.31. The molecule has 1 aliphatic carbocycles. The quantitative estimate of drug-likeness (QED) is 0.559. The van der Waals surface area contributed by atoms with Crippen LogP contribution in [0.2, 0.25) is 0 Å². The summed E-state index contributed by atoms with van der Waals surface area (Å²) in [5, 5.41) is 0. The van der Waals surface area contributed by atoms with Gasteiger partial charge in [0, 0.05) is 46.4 Å². The van der Waals surface area contributed by atoms with Crippen LogP contribution >= 0.6 is 0 Å². The summed E-state index contributed by atoms with van der Waals surface area (Å²) in [6.45, 7) is 1.06. The molecule has 6 nitrogen and oxygen atoms in total. The zero-order valence-electron chi connectivity index (χ0n) is 21.2. The predicted octanol–water partition coefficient (Wildman–Crippen LogP) is 4.71. The predicted molar refractivity (Wildman–Crippen MR) is 135 cm³/mol. The Morgan fingerprint density at radius 1 is 1.00 bits per heavy atom. The van der Waals surface area contributed by atoms with Gasteiger partial charge in [-0.3, -0.25) is 9.59 Å². The van der Waals surface area contributed by atoms with Crippen LogP contribution < -0.4 is 0 Å². The lowest BCUT2D eigenvalue weighted by Crippen LogP contribution is -2.39. The van der Waals surface area contributed by atoms with Crippen LogP contribution in [0, 0.1) is 11.7 Å². The van der Waals surface area contributed by atoms with E-state index in [9.17, 15) is 18.8 Å². The van der Waals surface area contributed by atoms with Crippen LogP contribution in [0.15, 0.2) is 42.5 Å². The van der Waals surface area contributed by atoms with Crippen LogP contribution in [0.1, 0.15) is 54.4 Å². The number of benzene rings is 2. The van der Waals surface area contributed by atoms with E-state index in [1.807, 2.05) is 18.2 Å². The van der Waals surface area contributed by atoms with Crippen molar-refractivity contribution in [1.29, 1.82) is 0 Å². The molecule has 0 atom stereocenters. The first kappa shape index (κ1) is 25.9. The van der Waals surface area contributed by atoms with Crippen LogP contribution in [-0.2, 0) is 40.1 Å². The van der Waals surface area contributed by atoms with Crippen molar-refractivity contribution in [1.82, 2.24) is 9.80 Å². The Morgan fingerprint density at radius 3 is 2.47 bits per heavy atom. The molecule has 0 aromatic heterocycles. The van der Waals surface area contributed by atoms with Crippen LogP contribution in [0.5, 0.6) is 0 Å². The summed E-state index contributed by atoms with van der Waals surface area (Å²) >= 11 is 0. The maximum absolute atomic E-state index is 13.8. The molecule has 0 unspecified atom stereocenters. The summed E-state index contributed by atoms with van der Waals surface area (Å²) in [4.78, 5) is 40.6. The van der Waals surface area contributed by atoms with Gasteiger partial charge >= 0.3 is 6.09 Å². The molecule has 1 saturated carbocycles. The SMILES string of the molecule is CN(C)C(=O)CC1CCC(OC(=O)N2CCc3cc(CC(=O)Cc4ccccc4F)ccc3C2)CC1. The molecular formula is C29H35FN2O4. The highest BCUT2D eigenvalue weighted by Gasteiger charge is 2.29. The fourth-order valence-corrected chi connectivity index (χ4v) is 5.12. The molecule has 0 N–H and O–H groups in total. The zero-order chi connectivity index (χ0) is 25.7. The van der Waals surface area contributed by atoms with Crippen molar-refractivity contribution in [2.24, 2.45) is 5.92 Å². The lowest BCUT2D eigenvalue weighted by atomic mass is 9.85. The summed E-state index contributed by atoms with van der Waals surface area (Å²) < 4.78 is 19.6. The fourth-order valence-electron chi connectivity index (χ4n) is 5.12. The molecule has 4 rings (SSSR count). The third kappa shape index (κ3) is 6.71. The summed E-state index contributed by atoms with van der Waals surface area (Å²) in [6.07, 6.45) is 4.64. The number of nitrogens with zero attached hydrogens (tertiary/aromatic N) is 2. The number of Topliss-reactive ketones (excluding diaryl/α,β-unsaturated/α-hetero) is 1. The van der Waals surface area contributed by atoms with Crippen molar-refractivity contribution >= 4 is 17.8 Å². The van der Waals surface area contributed by atoms with E-state index in [1.54, 1.807) is 42.1 Å². The van der Waals surface area contributed by atoms with Crippen LogP contribution in [0.25, 0.3) is 0 Å². The van der Waals surface area contributed by atoms with Gasteiger partial charge in [-0.25, -0.2) is 9.18 Å². The Labute approximate surface area is 212 Å². The van der Waals surface area contributed by atoms with Crippen molar-refractivity contribution in [3.8, 4) is 0 Å². The molecule has 2 amide bonds. The largest absolute Gasteiger partial charge is 0.446 e. The normalized spacial score (nSPS) is 19.4. The third-order valence-corrected chi connectivity index (χ3v) is 7.31. The summed E-state index contributed by atoms with van der Waals surface area (Å²) in [5.74, 6) is 0.141. The van der Waals surface area contributed by atoms with Crippen molar-refractivity contribution in [2.75, 3.05) is 20.6 Å². The molecule has 2 aromatic carbocycles. The first-order valence-electron chi connectivity index (χ1n) is 12.8. The number of fused-ring (bicyclic) bond motifs is 1. The van der Waals surface area contributed by atoms with Gasteiger partial charge < -0.3 is 14.5 Å². The summed E-state index contributed by atoms with van der Waals surface area (Å²) in [6, 6.07) is 12.3. The first-order valence-corrected chi connectivity index (χ1v) is 12.8. The Bertz CT molecular complexity index is 1110.